The molecule has 0 aliphatic carbocycles. The molecule has 3 rings (SSSR count). The van der Waals surface area contributed by atoms with Gasteiger partial charge in [0.1, 0.15) is 0 Å². The van der Waals surface area contributed by atoms with Crippen LogP contribution in [0.2, 0.25) is 5.02 Å². The Morgan fingerprint density at radius 3 is 2.41 bits per heavy atom. The number of thiol groups is 1. The van der Waals surface area contributed by atoms with Gasteiger partial charge in [0.2, 0.25) is 5.91 Å². The molecule has 1 saturated heterocycles. The third-order valence-electron chi connectivity index (χ3n) is 4.84. The van der Waals surface area contributed by atoms with Gasteiger partial charge in [-0.3, -0.25) is 9.59 Å². The van der Waals surface area contributed by atoms with Crippen LogP contribution in [0.3, 0.4) is 0 Å². The normalized spacial score (nSPS) is 14.8. The Kier molecular flexibility index (Phi) is 6.80. The van der Waals surface area contributed by atoms with Crippen molar-refractivity contribution in [2.24, 2.45) is 0 Å². The number of aryl methyl sites for hydroxylation is 1. The molecule has 1 aliphatic heterocycles. The van der Waals surface area contributed by atoms with Crippen molar-refractivity contribution < 1.29 is 9.59 Å². The molecule has 0 aromatic heterocycles. The molecule has 0 saturated carbocycles. The number of nitrogens with one attached hydrogen (secondary N) is 1. The molecule has 0 radical (unpaired) electrons. The van der Waals surface area contributed by atoms with E-state index in [0.29, 0.717) is 41.4 Å². The third kappa shape index (κ3) is 5.50. The Labute approximate surface area is 170 Å². The number of amides is 2. The van der Waals surface area contributed by atoms with E-state index in [4.69, 9.17) is 11.6 Å². The molecule has 142 valence electrons. The van der Waals surface area contributed by atoms with E-state index in [1.54, 1.807) is 6.07 Å². The monoisotopic (exact) mass is 402 g/mol. The van der Waals surface area contributed by atoms with Crippen molar-refractivity contribution in [1.29, 1.82) is 0 Å². The standard InChI is InChI=1S/C21H23ClN2O2S/c22-16-8-5-15(6-9-16)7-10-20(25)23-17-11-13-24(14-12-17)21(26)18-3-1-2-4-19(18)27/h1-6,8-9,17,27H,7,10-14H2,(H,23,25). The molecule has 0 atom stereocenters. The van der Waals surface area contributed by atoms with E-state index in [9.17, 15) is 9.59 Å². The molecule has 6 heteroatoms. The summed E-state index contributed by atoms with van der Waals surface area (Å²) < 4.78 is 0. The third-order valence-corrected chi connectivity index (χ3v) is 5.48. The van der Waals surface area contributed by atoms with Gasteiger partial charge in [-0.15, -0.1) is 12.6 Å². The molecule has 1 aliphatic rings. The lowest BCUT2D eigenvalue weighted by Crippen LogP contribution is -2.46. The zero-order valence-corrected chi connectivity index (χ0v) is 16.7. The van der Waals surface area contributed by atoms with Gasteiger partial charge in [-0.25, -0.2) is 0 Å². The van der Waals surface area contributed by atoms with E-state index < -0.39 is 0 Å². The smallest absolute Gasteiger partial charge is 0.254 e. The van der Waals surface area contributed by atoms with Crippen molar-refractivity contribution in [3.05, 3.63) is 64.7 Å². The summed E-state index contributed by atoms with van der Waals surface area (Å²) in [4.78, 5) is 27.4. The van der Waals surface area contributed by atoms with Crippen molar-refractivity contribution >= 4 is 36.0 Å². The van der Waals surface area contributed by atoms with Gasteiger partial charge in [0.15, 0.2) is 0 Å². The predicted octanol–water partition coefficient (Wildman–Crippen LogP) is 3.98. The first kappa shape index (κ1) is 19.8. The zero-order chi connectivity index (χ0) is 19.2. The molecule has 2 aromatic rings. The van der Waals surface area contributed by atoms with Crippen molar-refractivity contribution in [2.45, 2.75) is 36.6 Å². The van der Waals surface area contributed by atoms with E-state index in [1.807, 2.05) is 47.4 Å². The van der Waals surface area contributed by atoms with Gasteiger partial charge in [0.25, 0.3) is 5.91 Å². The summed E-state index contributed by atoms with van der Waals surface area (Å²) in [6.07, 6.45) is 2.69. The Morgan fingerprint density at radius 2 is 1.74 bits per heavy atom. The van der Waals surface area contributed by atoms with Crippen LogP contribution in [-0.4, -0.2) is 35.8 Å². The van der Waals surface area contributed by atoms with Crippen molar-refractivity contribution in [3.8, 4) is 0 Å². The molecule has 1 heterocycles. The van der Waals surface area contributed by atoms with Gasteiger partial charge >= 0.3 is 0 Å². The molecule has 2 aromatic carbocycles. The Bertz CT molecular complexity index is 802. The quantitative estimate of drug-likeness (QED) is 0.743. The fourth-order valence-electron chi connectivity index (χ4n) is 3.26. The Hall–Kier alpha value is -1.98. The highest BCUT2D eigenvalue weighted by Crippen LogP contribution is 2.19. The van der Waals surface area contributed by atoms with Crippen LogP contribution in [0.4, 0.5) is 0 Å². The number of hydrogen-bond acceptors (Lipinski definition) is 3. The van der Waals surface area contributed by atoms with Crippen molar-refractivity contribution in [1.82, 2.24) is 10.2 Å². The van der Waals surface area contributed by atoms with E-state index >= 15 is 0 Å². The number of benzene rings is 2. The van der Waals surface area contributed by atoms with Crippen LogP contribution < -0.4 is 5.32 Å². The number of likely N-dealkylation sites (tertiary alicyclic amines) is 1. The van der Waals surface area contributed by atoms with E-state index in [-0.39, 0.29) is 17.9 Å². The van der Waals surface area contributed by atoms with Gasteiger partial charge < -0.3 is 10.2 Å². The molecule has 1 fully saturated rings. The molecule has 27 heavy (non-hydrogen) atoms. The maximum Gasteiger partial charge on any atom is 0.254 e. The summed E-state index contributed by atoms with van der Waals surface area (Å²) in [6, 6.07) is 15.0. The average Bonchev–Trinajstić information content (AvgIpc) is 2.68. The summed E-state index contributed by atoms with van der Waals surface area (Å²) in [7, 11) is 0. The lowest BCUT2D eigenvalue weighted by Gasteiger charge is -2.32. The first-order valence-electron chi connectivity index (χ1n) is 9.14. The van der Waals surface area contributed by atoms with Crippen LogP contribution in [0, 0.1) is 0 Å². The molecular formula is C21H23ClN2O2S. The van der Waals surface area contributed by atoms with Gasteiger partial charge in [-0.1, -0.05) is 35.9 Å². The Balaban J connectivity index is 1.43. The zero-order valence-electron chi connectivity index (χ0n) is 15.0. The summed E-state index contributed by atoms with van der Waals surface area (Å²) in [5, 5.41) is 3.79. The predicted molar refractivity (Wildman–Crippen MR) is 111 cm³/mol. The van der Waals surface area contributed by atoms with Gasteiger partial charge in [0.05, 0.1) is 5.56 Å². The first-order chi connectivity index (χ1) is 13.0. The fourth-order valence-corrected chi connectivity index (χ4v) is 3.64. The Morgan fingerprint density at radius 1 is 1.07 bits per heavy atom. The van der Waals surface area contributed by atoms with E-state index in [2.05, 4.69) is 17.9 Å². The lowest BCUT2D eigenvalue weighted by molar-refractivity contribution is -0.122. The van der Waals surface area contributed by atoms with Gasteiger partial charge in [0, 0.05) is 35.5 Å². The molecule has 0 spiro atoms. The minimum absolute atomic E-state index is 0.00751. The second-order valence-electron chi connectivity index (χ2n) is 6.78. The van der Waals surface area contributed by atoms with Crippen molar-refractivity contribution in [2.75, 3.05) is 13.1 Å². The minimum atomic E-state index is 0.00751. The van der Waals surface area contributed by atoms with Crippen LogP contribution >= 0.6 is 24.2 Å². The highest BCUT2D eigenvalue weighted by atomic mass is 35.5. The first-order valence-corrected chi connectivity index (χ1v) is 9.96. The molecule has 2 amide bonds. The summed E-state index contributed by atoms with van der Waals surface area (Å²) in [6.45, 7) is 1.28. The van der Waals surface area contributed by atoms with Crippen LogP contribution in [0.25, 0.3) is 0 Å². The maximum absolute atomic E-state index is 12.6. The van der Waals surface area contributed by atoms with Crippen LogP contribution in [0.1, 0.15) is 35.2 Å². The molecular weight excluding hydrogens is 380 g/mol. The maximum atomic E-state index is 12.6. The number of rotatable bonds is 5. The average molecular weight is 403 g/mol. The molecule has 4 nitrogen and oxygen atoms in total. The summed E-state index contributed by atoms with van der Waals surface area (Å²) >= 11 is 10.2. The van der Waals surface area contributed by atoms with Gasteiger partial charge in [-0.2, -0.15) is 0 Å². The SMILES string of the molecule is O=C(CCc1ccc(Cl)cc1)NC1CCN(C(=O)c2ccccc2S)CC1. The highest BCUT2D eigenvalue weighted by Gasteiger charge is 2.25. The molecule has 1 N–H and O–H groups in total. The number of halogens is 1. The molecule has 0 unspecified atom stereocenters. The van der Waals surface area contributed by atoms with Gasteiger partial charge in [-0.05, 0) is 49.1 Å². The molecule has 0 bridgehead atoms. The largest absolute Gasteiger partial charge is 0.353 e. The van der Waals surface area contributed by atoms with Crippen LogP contribution in [0.5, 0.6) is 0 Å². The van der Waals surface area contributed by atoms with Crippen LogP contribution in [-0.2, 0) is 11.2 Å². The van der Waals surface area contributed by atoms with E-state index in [1.165, 1.54) is 0 Å². The summed E-state index contributed by atoms with van der Waals surface area (Å²) in [5.41, 5.74) is 1.73. The lowest BCUT2D eigenvalue weighted by atomic mass is 10.0. The fraction of sp³-hybridized carbons (Fsp3) is 0.333. The number of nitrogens with zero attached hydrogens (tertiary/aromatic N) is 1. The minimum Gasteiger partial charge on any atom is -0.353 e. The van der Waals surface area contributed by atoms with Crippen molar-refractivity contribution in [3.63, 3.8) is 0 Å². The summed E-state index contributed by atoms with van der Waals surface area (Å²) in [5.74, 6) is 0.0588. The van der Waals surface area contributed by atoms with Crippen LogP contribution in [0.15, 0.2) is 53.4 Å². The highest BCUT2D eigenvalue weighted by molar-refractivity contribution is 7.80. The second-order valence-corrected chi connectivity index (χ2v) is 7.70. The second kappa shape index (κ2) is 9.29. The number of carbonyl (C=O) groups is 2. The number of carbonyl (C=O) groups excluding carboxylic acids is 2. The van der Waals surface area contributed by atoms with E-state index in [0.717, 1.165) is 18.4 Å². The number of hydrogen-bond donors (Lipinski definition) is 2. The number of piperidine rings is 1. The topological polar surface area (TPSA) is 49.4 Å².